The van der Waals surface area contributed by atoms with E-state index in [4.69, 9.17) is 25.8 Å². The number of carboxylic acid groups (broad SMARTS) is 1. The monoisotopic (exact) mass is 512 g/mol. The molecule has 2 aromatic carbocycles. The van der Waals surface area contributed by atoms with Crippen molar-refractivity contribution in [3.05, 3.63) is 53.6 Å². The van der Waals surface area contributed by atoms with Crippen molar-refractivity contribution in [2.75, 3.05) is 19.0 Å². The lowest BCUT2D eigenvalue weighted by molar-refractivity contribution is -0.192. The highest BCUT2D eigenvalue weighted by atomic mass is 32.1. The summed E-state index contributed by atoms with van der Waals surface area (Å²) in [6.07, 6.45) is -4.84. The van der Waals surface area contributed by atoms with E-state index >= 15 is 0 Å². The van der Waals surface area contributed by atoms with Gasteiger partial charge in [-0.15, -0.1) is 0 Å². The number of alkyl halides is 3. The summed E-state index contributed by atoms with van der Waals surface area (Å²) in [4.78, 5) is 36.9. The molecular weight excluding hydrogens is 493 g/mol. The van der Waals surface area contributed by atoms with Gasteiger partial charge in [0.05, 0.1) is 29.3 Å². The highest BCUT2D eigenvalue weighted by Crippen LogP contribution is 2.27. The lowest BCUT2D eigenvalue weighted by atomic mass is 10.2. The van der Waals surface area contributed by atoms with E-state index in [2.05, 4.69) is 15.0 Å². The third-order valence-electron chi connectivity index (χ3n) is 4.08. The Morgan fingerprint density at radius 1 is 1.14 bits per heavy atom. The standard InChI is InChI=1S/C19H18N4O4S.C2HF3O2/c1-26-16(24)8-9-22-19-23-14-7-4-12(10-15(14)28-19)18(25)27-13-5-2-11(3-6-13)17(20)21;3-2(4,5)1(6)7/h2-7,10H,8-9H2,1H3,(H3,20,21)(H,22,23);(H,6,7). The number of thiazole rings is 1. The molecule has 1 aromatic heterocycles. The lowest BCUT2D eigenvalue weighted by Gasteiger charge is -2.05. The van der Waals surface area contributed by atoms with Gasteiger partial charge in [0.1, 0.15) is 11.6 Å². The quantitative estimate of drug-likeness (QED) is 0.161. The number of amidine groups is 1. The van der Waals surface area contributed by atoms with Crippen LogP contribution in [0.4, 0.5) is 18.3 Å². The van der Waals surface area contributed by atoms with E-state index in [0.29, 0.717) is 28.6 Å². The fourth-order valence-corrected chi connectivity index (χ4v) is 3.30. The van der Waals surface area contributed by atoms with E-state index in [-0.39, 0.29) is 18.2 Å². The highest BCUT2D eigenvalue weighted by molar-refractivity contribution is 7.22. The van der Waals surface area contributed by atoms with E-state index in [0.717, 1.165) is 10.2 Å². The summed E-state index contributed by atoms with van der Waals surface area (Å²) in [7, 11) is 1.35. The highest BCUT2D eigenvalue weighted by Gasteiger charge is 2.38. The lowest BCUT2D eigenvalue weighted by Crippen LogP contribution is -2.21. The molecule has 35 heavy (non-hydrogen) atoms. The number of carbonyl (C=O) groups is 3. The topological polar surface area (TPSA) is 165 Å². The predicted molar refractivity (Wildman–Crippen MR) is 121 cm³/mol. The van der Waals surface area contributed by atoms with Gasteiger partial charge >= 0.3 is 24.1 Å². The van der Waals surface area contributed by atoms with Gasteiger partial charge in [0.15, 0.2) is 5.13 Å². The Labute approximate surface area is 200 Å². The van der Waals surface area contributed by atoms with Gasteiger partial charge < -0.3 is 25.6 Å². The zero-order valence-corrected chi connectivity index (χ0v) is 18.8. The van der Waals surface area contributed by atoms with Gasteiger partial charge in [-0.3, -0.25) is 10.2 Å². The number of fused-ring (bicyclic) bond motifs is 1. The van der Waals surface area contributed by atoms with Crippen molar-refractivity contribution in [1.29, 1.82) is 5.41 Å². The van der Waals surface area contributed by atoms with E-state index in [1.54, 1.807) is 42.5 Å². The molecule has 3 rings (SSSR count). The number of nitrogens with two attached hydrogens (primary N) is 1. The molecule has 0 aliphatic heterocycles. The van der Waals surface area contributed by atoms with Crippen LogP contribution in [-0.4, -0.2) is 53.7 Å². The Bertz CT molecular complexity index is 1230. The van der Waals surface area contributed by atoms with E-state index < -0.39 is 18.1 Å². The number of anilines is 1. The summed E-state index contributed by atoms with van der Waals surface area (Å²) in [5.41, 5.74) is 7.10. The van der Waals surface area contributed by atoms with E-state index in [1.165, 1.54) is 18.4 Å². The van der Waals surface area contributed by atoms with Gasteiger partial charge in [0.25, 0.3) is 0 Å². The molecule has 0 saturated heterocycles. The first kappa shape index (κ1) is 27.0. The number of rotatable bonds is 7. The Morgan fingerprint density at radius 3 is 2.29 bits per heavy atom. The number of carbonyl (C=O) groups excluding carboxylic acids is 2. The number of benzene rings is 2. The molecule has 3 aromatic rings. The molecule has 0 aliphatic carbocycles. The number of hydrogen-bond donors (Lipinski definition) is 4. The van der Waals surface area contributed by atoms with Crippen LogP contribution in [0.1, 0.15) is 22.3 Å². The summed E-state index contributed by atoms with van der Waals surface area (Å²) in [5.74, 6) is -3.23. The van der Waals surface area contributed by atoms with Gasteiger partial charge in [0.2, 0.25) is 0 Å². The van der Waals surface area contributed by atoms with Crippen molar-refractivity contribution in [1.82, 2.24) is 4.98 Å². The number of esters is 2. The Hall–Kier alpha value is -4.20. The summed E-state index contributed by atoms with van der Waals surface area (Å²) >= 11 is 1.38. The van der Waals surface area contributed by atoms with Crippen LogP contribution in [0.3, 0.4) is 0 Å². The molecule has 0 aliphatic rings. The first-order valence-electron chi connectivity index (χ1n) is 9.58. The molecule has 0 bridgehead atoms. The minimum absolute atomic E-state index is 0.0514. The molecule has 186 valence electrons. The number of nitrogen functional groups attached to an aromatic ring is 1. The van der Waals surface area contributed by atoms with Crippen LogP contribution in [0.2, 0.25) is 0 Å². The third-order valence-corrected chi connectivity index (χ3v) is 5.05. The molecule has 0 spiro atoms. The molecule has 0 amide bonds. The smallest absolute Gasteiger partial charge is 0.475 e. The summed E-state index contributed by atoms with van der Waals surface area (Å²) < 4.78 is 42.5. The second-order valence-corrected chi connectivity index (χ2v) is 7.62. The van der Waals surface area contributed by atoms with Gasteiger partial charge in [-0.05, 0) is 42.5 Å². The van der Waals surface area contributed by atoms with E-state index in [1.807, 2.05) is 0 Å². The molecule has 0 fully saturated rings. The van der Waals surface area contributed by atoms with E-state index in [9.17, 15) is 22.8 Å². The van der Waals surface area contributed by atoms with Crippen LogP contribution in [0.5, 0.6) is 5.75 Å². The fraction of sp³-hybridized carbons (Fsp3) is 0.190. The first-order chi connectivity index (χ1) is 16.4. The minimum atomic E-state index is -5.08. The number of aromatic nitrogens is 1. The number of methoxy groups -OCH3 is 1. The average molecular weight is 512 g/mol. The zero-order valence-electron chi connectivity index (χ0n) is 18.0. The van der Waals surface area contributed by atoms with Gasteiger partial charge in [-0.1, -0.05) is 11.3 Å². The normalized spacial score (nSPS) is 10.6. The summed E-state index contributed by atoms with van der Waals surface area (Å²) in [6.45, 7) is 0.414. The first-order valence-corrected chi connectivity index (χ1v) is 10.4. The Morgan fingerprint density at radius 2 is 1.74 bits per heavy atom. The van der Waals surface area contributed by atoms with Gasteiger partial charge in [-0.2, -0.15) is 13.2 Å². The number of aliphatic carboxylic acids is 1. The van der Waals surface area contributed by atoms with Crippen molar-refractivity contribution in [3.63, 3.8) is 0 Å². The number of nitrogens with zero attached hydrogens (tertiary/aromatic N) is 1. The van der Waals surface area contributed by atoms with Crippen LogP contribution in [-0.2, 0) is 14.3 Å². The second-order valence-electron chi connectivity index (χ2n) is 6.58. The maximum absolute atomic E-state index is 12.4. The minimum Gasteiger partial charge on any atom is -0.475 e. The molecular formula is C21H19F3N4O6S. The molecule has 0 atom stereocenters. The largest absolute Gasteiger partial charge is 0.490 e. The molecule has 0 unspecified atom stereocenters. The Kier molecular flexibility index (Phi) is 9.11. The molecule has 5 N–H and O–H groups in total. The van der Waals surface area contributed by atoms with Gasteiger partial charge in [-0.25, -0.2) is 14.6 Å². The summed E-state index contributed by atoms with van der Waals surface area (Å²) in [6, 6.07) is 11.5. The number of carboxylic acids is 1. The van der Waals surface area contributed by atoms with Crippen molar-refractivity contribution in [2.24, 2.45) is 5.73 Å². The molecule has 14 heteroatoms. The number of ether oxygens (including phenoxy) is 2. The number of hydrogen-bond acceptors (Lipinski definition) is 9. The predicted octanol–water partition coefficient (Wildman–Crippen LogP) is 3.41. The number of halogens is 3. The Balaban J connectivity index is 0.000000540. The van der Waals surface area contributed by atoms with Gasteiger partial charge in [0, 0.05) is 12.1 Å². The maximum Gasteiger partial charge on any atom is 0.490 e. The maximum atomic E-state index is 12.4. The third kappa shape index (κ3) is 8.26. The van der Waals surface area contributed by atoms with Crippen molar-refractivity contribution in [3.8, 4) is 5.75 Å². The molecule has 0 radical (unpaired) electrons. The van der Waals surface area contributed by atoms with Crippen LogP contribution in [0.25, 0.3) is 10.2 Å². The van der Waals surface area contributed by atoms with Crippen LogP contribution in [0, 0.1) is 5.41 Å². The zero-order chi connectivity index (χ0) is 26.2. The van der Waals surface area contributed by atoms with Crippen LogP contribution in [0.15, 0.2) is 42.5 Å². The summed E-state index contributed by atoms with van der Waals surface area (Å²) in [5, 5.41) is 18.2. The van der Waals surface area contributed by atoms with Crippen LogP contribution < -0.4 is 15.8 Å². The second kappa shape index (κ2) is 11.8. The fourth-order valence-electron chi connectivity index (χ4n) is 2.37. The average Bonchev–Trinajstić information content (AvgIpc) is 3.21. The van der Waals surface area contributed by atoms with Crippen molar-refractivity contribution >= 4 is 50.4 Å². The number of nitrogens with one attached hydrogen (secondary N) is 2. The van der Waals surface area contributed by atoms with Crippen molar-refractivity contribution in [2.45, 2.75) is 12.6 Å². The van der Waals surface area contributed by atoms with Crippen LogP contribution >= 0.6 is 11.3 Å². The molecule has 1 heterocycles. The SMILES string of the molecule is COC(=O)CCNc1nc2ccc(C(=O)Oc3ccc(C(=N)N)cc3)cc2s1.O=C(O)C(F)(F)F. The van der Waals surface area contributed by atoms with Crippen molar-refractivity contribution < 1.29 is 42.1 Å². The molecule has 10 nitrogen and oxygen atoms in total. The molecule has 0 saturated carbocycles.